The summed E-state index contributed by atoms with van der Waals surface area (Å²) in [7, 11) is 0. The van der Waals surface area contributed by atoms with Gasteiger partial charge in [-0.05, 0) is 71.3 Å². The maximum Gasteiger partial charge on any atom is 0.227 e. The minimum Gasteiger partial charge on any atom is -0.436 e. The fraction of sp³-hybridized carbons (Fsp3) is 0. The summed E-state index contributed by atoms with van der Waals surface area (Å²) in [4.78, 5) is 20.5. The zero-order valence-electron chi connectivity index (χ0n) is 31.3. The third-order valence-corrected chi connectivity index (χ3v) is 13.2. The Balaban J connectivity index is 0.971. The molecule has 4 heterocycles. The van der Waals surface area contributed by atoms with Crippen molar-refractivity contribution in [2.45, 2.75) is 0 Å². The standard InChI is InChI=1S/C52H30N4OS2/c1-2-11-31(12-3-1)52-53-48-38(19-10-20-43(48)57-52)34-15-8-13-32(27-34)33-14-9-16-35(28-33)49-54-50(36-23-25-41-39-17-4-6-21-44(39)58-46(41)29-36)56-51(55-49)37-24-26-42-40-18-5-7-22-45(40)59-47(42)30-37/h1-30H. The highest BCUT2D eigenvalue weighted by atomic mass is 32.1. The zero-order valence-corrected chi connectivity index (χ0v) is 33.0. The maximum absolute atomic E-state index is 6.22. The summed E-state index contributed by atoms with van der Waals surface area (Å²) in [5.41, 5.74) is 9.58. The molecule has 0 aliphatic rings. The summed E-state index contributed by atoms with van der Waals surface area (Å²) in [5, 5.41) is 5.02. The van der Waals surface area contributed by atoms with Crippen molar-refractivity contribution < 1.29 is 4.42 Å². The number of hydrogen-bond acceptors (Lipinski definition) is 7. The lowest BCUT2D eigenvalue weighted by atomic mass is 9.97. The van der Waals surface area contributed by atoms with Crippen LogP contribution in [0.25, 0.3) is 119 Å². The largest absolute Gasteiger partial charge is 0.436 e. The van der Waals surface area contributed by atoms with Gasteiger partial charge in [0.05, 0.1) is 0 Å². The molecule has 0 unspecified atom stereocenters. The van der Waals surface area contributed by atoms with Crippen LogP contribution < -0.4 is 0 Å². The van der Waals surface area contributed by atoms with E-state index in [0.29, 0.717) is 23.4 Å². The third-order valence-electron chi connectivity index (χ3n) is 11.0. The van der Waals surface area contributed by atoms with E-state index < -0.39 is 0 Å². The molecule has 0 bridgehead atoms. The Morgan fingerprint density at radius 1 is 0.322 bits per heavy atom. The number of rotatable bonds is 6. The van der Waals surface area contributed by atoms with Gasteiger partial charge in [-0.3, -0.25) is 0 Å². The fourth-order valence-electron chi connectivity index (χ4n) is 8.08. The molecule has 276 valence electrons. The van der Waals surface area contributed by atoms with Crippen LogP contribution >= 0.6 is 22.7 Å². The topological polar surface area (TPSA) is 64.7 Å². The smallest absolute Gasteiger partial charge is 0.227 e. The second-order valence-corrected chi connectivity index (χ2v) is 16.8. The predicted molar refractivity (Wildman–Crippen MR) is 246 cm³/mol. The molecule has 12 rings (SSSR count). The van der Waals surface area contributed by atoms with E-state index in [1.165, 1.54) is 40.3 Å². The molecule has 0 aliphatic carbocycles. The van der Waals surface area contributed by atoms with Crippen LogP contribution in [-0.2, 0) is 0 Å². The summed E-state index contributed by atoms with van der Waals surface area (Å²) < 4.78 is 11.2. The molecule has 7 heteroatoms. The monoisotopic (exact) mass is 790 g/mol. The van der Waals surface area contributed by atoms with Crippen LogP contribution in [0.1, 0.15) is 0 Å². The molecule has 4 aromatic heterocycles. The molecule has 0 amide bonds. The Morgan fingerprint density at radius 2 is 0.797 bits per heavy atom. The number of fused-ring (bicyclic) bond motifs is 7. The summed E-state index contributed by atoms with van der Waals surface area (Å²) >= 11 is 3.59. The van der Waals surface area contributed by atoms with Gasteiger partial charge in [0, 0.05) is 68.2 Å². The average molecular weight is 791 g/mol. The number of oxazole rings is 1. The molecule has 12 aromatic rings. The van der Waals surface area contributed by atoms with Crippen LogP contribution in [0, 0.1) is 0 Å². The molecule has 0 aliphatic heterocycles. The molecular formula is C52H30N4OS2. The minimum absolute atomic E-state index is 0.612. The normalized spacial score (nSPS) is 11.7. The van der Waals surface area contributed by atoms with Crippen molar-refractivity contribution in [2.24, 2.45) is 0 Å². The molecule has 0 spiro atoms. The number of benzene rings is 8. The van der Waals surface area contributed by atoms with E-state index in [-0.39, 0.29) is 0 Å². The Kier molecular flexibility index (Phi) is 7.82. The Bertz CT molecular complexity index is 3450. The summed E-state index contributed by atoms with van der Waals surface area (Å²) in [6.07, 6.45) is 0. The third kappa shape index (κ3) is 5.90. The summed E-state index contributed by atoms with van der Waals surface area (Å²) in [5.74, 6) is 2.52. The van der Waals surface area contributed by atoms with E-state index in [1.54, 1.807) is 22.7 Å². The zero-order chi connectivity index (χ0) is 38.9. The molecule has 59 heavy (non-hydrogen) atoms. The second-order valence-electron chi connectivity index (χ2n) is 14.6. The molecule has 0 atom stereocenters. The van der Waals surface area contributed by atoms with Crippen LogP contribution in [0.15, 0.2) is 186 Å². The van der Waals surface area contributed by atoms with Gasteiger partial charge in [0.15, 0.2) is 23.1 Å². The molecular weight excluding hydrogens is 761 g/mol. The van der Waals surface area contributed by atoms with Gasteiger partial charge in [0.1, 0.15) is 5.52 Å². The Labute approximate surface area is 346 Å². The molecule has 0 saturated carbocycles. The van der Waals surface area contributed by atoms with Gasteiger partial charge < -0.3 is 4.42 Å². The SMILES string of the molecule is c1ccc(-c2nc3c(-c4cccc(-c5cccc(-c6nc(-c7ccc8c(c7)sc7ccccc78)nc(-c7ccc8c(c7)sc7ccccc78)n6)c5)c4)cccc3o2)cc1. The number of thiophene rings is 2. The summed E-state index contributed by atoms with van der Waals surface area (Å²) in [6.45, 7) is 0. The van der Waals surface area contributed by atoms with Crippen molar-refractivity contribution in [1.82, 2.24) is 19.9 Å². The van der Waals surface area contributed by atoms with Crippen LogP contribution in [0.4, 0.5) is 0 Å². The number of hydrogen-bond donors (Lipinski definition) is 0. The van der Waals surface area contributed by atoms with Crippen LogP contribution in [0.5, 0.6) is 0 Å². The fourth-order valence-corrected chi connectivity index (χ4v) is 10.4. The lowest BCUT2D eigenvalue weighted by Crippen LogP contribution is -2.00. The van der Waals surface area contributed by atoms with E-state index in [4.69, 9.17) is 24.4 Å². The molecule has 8 aromatic carbocycles. The summed E-state index contributed by atoms with van der Waals surface area (Å²) in [6, 6.07) is 63.5. The van der Waals surface area contributed by atoms with Crippen LogP contribution in [0.3, 0.4) is 0 Å². The van der Waals surface area contributed by atoms with E-state index in [0.717, 1.165) is 55.6 Å². The molecule has 0 N–H and O–H groups in total. The lowest BCUT2D eigenvalue weighted by molar-refractivity contribution is 0.620. The van der Waals surface area contributed by atoms with Crippen LogP contribution in [0.2, 0.25) is 0 Å². The van der Waals surface area contributed by atoms with Crippen molar-refractivity contribution in [1.29, 1.82) is 0 Å². The Hall–Kier alpha value is -7.32. The maximum atomic E-state index is 6.22. The van der Waals surface area contributed by atoms with Crippen molar-refractivity contribution in [3.05, 3.63) is 182 Å². The van der Waals surface area contributed by atoms with Gasteiger partial charge in [0.25, 0.3) is 0 Å². The van der Waals surface area contributed by atoms with Gasteiger partial charge in [0.2, 0.25) is 5.89 Å². The average Bonchev–Trinajstić information content (AvgIpc) is 4.02. The number of nitrogens with zero attached hydrogens (tertiary/aromatic N) is 4. The van der Waals surface area contributed by atoms with Gasteiger partial charge in [-0.2, -0.15) is 0 Å². The minimum atomic E-state index is 0.612. The van der Waals surface area contributed by atoms with Gasteiger partial charge >= 0.3 is 0 Å². The van der Waals surface area contributed by atoms with Crippen molar-refractivity contribution in [3.63, 3.8) is 0 Å². The highest BCUT2D eigenvalue weighted by molar-refractivity contribution is 7.26. The molecule has 0 radical (unpaired) electrons. The molecule has 5 nitrogen and oxygen atoms in total. The van der Waals surface area contributed by atoms with Crippen LogP contribution in [-0.4, -0.2) is 19.9 Å². The second kappa shape index (κ2) is 13.7. The van der Waals surface area contributed by atoms with E-state index in [9.17, 15) is 0 Å². The lowest BCUT2D eigenvalue weighted by Gasteiger charge is -2.11. The first-order valence-corrected chi connectivity index (χ1v) is 21.1. The Morgan fingerprint density at radius 3 is 1.42 bits per heavy atom. The predicted octanol–water partition coefficient (Wildman–Crippen LogP) is 14.8. The highest BCUT2D eigenvalue weighted by Crippen LogP contribution is 2.39. The van der Waals surface area contributed by atoms with Gasteiger partial charge in [-0.15, -0.1) is 22.7 Å². The van der Waals surface area contributed by atoms with Crippen molar-refractivity contribution in [3.8, 4) is 67.9 Å². The van der Waals surface area contributed by atoms with Gasteiger partial charge in [-0.1, -0.05) is 127 Å². The first-order valence-electron chi connectivity index (χ1n) is 19.4. The number of aromatic nitrogens is 4. The van der Waals surface area contributed by atoms with Gasteiger partial charge in [-0.25, -0.2) is 19.9 Å². The quantitative estimate of drug-likeness (QED) is 0.168. The van der Waals surface area contributed by atoms with E-state index in [1.807, 2.05) is 42.5 Å². The van der Waals surface area contributed by atoms with E-state index in [2.05, 4.69) is 140 Å². The van der Waals surface area contributed by atoms with Crippen molar-refractivity contribution >= 4 is 74.1 Å². The first-order chi connectivity index (χ1) is 29.2. The first kappa shape index (κ1) is 33.8. The molecule has 0 fully saturated rings. The van der Waals surface area contributed by atoms with E-state index >= 15 is 0 Å². The molecule has 0 saturated heterocycles. The number of para-hydroxylation sites is 1. The highest BCUT2D eigenvalue weighted by Gasteiger charge is 2.17. The van der Waals surface area contributed by atoms with Crippen molar-refractivity contribution in [2.75, 3.05) is 0 Å².